The molecule has 3 rings (SSSR count). The number of carbonyl (C=O) groups is 4. The van der Waals surface area contributed by atoms with Gasteiger partial charge in [-0.2, -0.15) is 0 Å². The Morgan fingerprint density at radius 1 is 0.960 bits per heavy atom. The van der Waals surface area contributed by atoms with Gasteiger partial charge in [0.1, 0.15) is 0 Å². The van der Waals surface area contributed by atoms with Crippen molar-refractivity contribution in [2.24, 2.45) is 0 Å². The second kappa shape index (κ2) is 6.56. The molecule has 1 heterocycles. The number of benzene rings is 2. The predicted octanol–water partition coefficient (Wildman–Crippen LogP) is 1.77. The maximum Gasteiger partial charge on any atom is 0.337 e. The topological polar surface area (TPSA) is 90.0 Å². The van der Waals surface area contributed by atoms with Crippen LogP contribution in [0.15, 0.2) is 48.5 Å². The van der Waals surface area contributed by atoms with Crippen LogP contribution in [0.4, 0.5) is 0 Å². The molecule has 0 fully saturated rings. The predicted molar refractivity (Wildman–Crippen MR) is 84.5 cm³/mol. The molecular formula is C18H13NO6. The Kier molecular flexibility index (Phi) is 4.30. The van der Waals surface area contributed by atoms with E-state index in [0.717, 1.165) is 0 Å². The molecule has 7 nitrogen and oxygen atoms in total. The van der Waals surface area contributed by atoms with Crippen molar-refractivity contribution in [3.63, 3.8) is 0 Å². The van der Waals surface area contributed by atoms with Crippen LogP contribution in [0.3, 0.4) is 0 Å². The van der Waals surface area contributed by atoms with E-state index in [1.54, 1.807) is 30.3 Å². The highest BCUT2D eigenvalue weighted by molar-refractivity contribution is 6.20. The van der Waals surface area contributed by atoms with Crippen LogP contribution in [-0.4, -0.2) is 35.9 Å². The van der Waals surface area contributed by atoms with Crippen molar-refractivity contribution in [1.29, 1.82) is 0 Å². The zero-order chi connectivity index (χ0) is 18.0. The minimum atomic E-state index is -0.795. The molecule has 1 aliphatic rings. The molecule has 126 valence electrons. The molecule has 2 amide bonds. The van der Waals surface area contributed by atoms with Crippen LogP contribution >= 0.6 is 0 Å². The minimum Gasteiger partial charge on any atom is -0.465 e. The maximum atomic E-state index is 12.1. The molecule has 2 aromatic carbocycles. The zero-order valence-corrected chi connectivity index (χ0v) is 13.2. The molecule has 0 bridgehead atoms. The number of amides is 2. The van der Waals surface area contributed by atoms with Crippen molar-refractivity contribution in [3.05, 3.63) is 70.8 Å². The average molecular weight is 339 g/mol. The summed E-state index contributed by atoms with van der Waals surface area (Å²) in [6.07, 6.45) is -0.210. The van der Waals surface area contributed by atoms with E-state index < -0.39 is 23.8 Å². The molecule has 0 N–H and O–H groups in total. The molecule has 0 saturated heterocycles. The molecule has 0 unspecified atom stereocenters. The Bertz CT molecular complexity index is 854. The minimum absolute atomic E-state index is 0.188. The Morgan fingerprint density at radius 3 is 2.20 bits per heavy atom. The lowest BCUT2D eigenvalue weighted by Gasteiger charge is -2.12. The molecule has 25 heavy (non-hydrogen) atoms. The van der Waals surface area contributed by atoms with Crippen LogP contribution < -0.4 is 0 Å². The highest BCUT2D eigenvalue weighted by Gasteiger charge is 2.38. The van der Waals surface area contributed by atoms with Crippen LogP contribution in [0.5, 0.6) is 0 Å². The van der Waals surface area contributed by atoms with Crippen LogP contribution in [0, 0.1) is 0 Å². The van der Waals surface area contributed by atoms with E-state index in [1.807, 2.05) is 0 Å². The fourth-order valence-corrected chi connectivity index (χ4v) is 2.48. The van der Waals surface area contributed by atoms with E-state index in [1.165, 1.54) is 25.3 Å². The van der Waals surface area contributed by atoms with Crippen molar-refractivity contribution in [3.8, 4) is 0 Å². The number of nitrogens with zero attached hydrogens (tertiary/aromatic N) is 1. The lowest BCUT2D eigenvalue weighted by molar-refractivity contribution is -0.167. The molecule has 7 heteroatoms. The lowest BCUT2D eigenvalue weighted by atomic mass is 10.1. The number of hydrogen-bond donors (Lipinski definition) is 0. The van der Waals surface area contributed by atoms with E-state index in [4.69, 9.17) is 4.84 Å². The molecule has 0 atom stereocenters. The fourth-order valence-electron chi connectivity index (χ4n) is 2.48. The Morgan fingerprint density at radius 2 is 1.60 bits per heavy atom. The van der Waals surface area contributed by atoms with Gasteiger partial charge in [0.25, 0.3) is 11.8 Å². The zero-order valence-electron chi connectivity index (χ0n) is 13.2. The summed E-state index contributed by atoms with van der Waals surface area (Å²) in [5, 5.41) is 0.456. The molecule has 0 aliphatic carbocycles. The Hall–Kier alpha value is -3.48. The van der Waals surface area contributed by atoms with Gasteiger partial charge in [0, 0.05) is 0 Å². The summed E-state index contributed by atoms with van der Waals surface area (Å²) in [7, 11) is 1.26. The van der Waals surface area contributed by atoms with Gasteiger partial charge >= 0.3 is 11.9 Å². The van der Waals surface area contributed by atoms with E-state index in [-0.39, 0.29) is 23.1 Å². The van der Waals surface area contributed by atoms with Gasteiger partial charge in [0.2, 0.25) is 0 Å². The first-order chi connectivity index (χ1) is 12.0. The van der Waals surface area contributed by atoms with Crippen molar-refractivity contribution in [1.82, 2.24) is 5.06 Å². The third-order valence-electron chi connectivity index (χ3n) is 3.65. The monoisotopic (exact) mass is 339 g/mol. The van der Waals surface area contributed by atoms with Crippen molar-refractivity contribution in [2.75, 3.05) is 7.11 Å². The van der Waals surface area contributed by atoms with Crippen molar-refractivity contribution in [2.45, 2.75) is 6.42 Å². The van der Waals surface area contributed by atoms with Gasteiger partial charge in [0.15, 0.2) is 0 Å². The summed E-state index contributed by atoms with van der Waals surface area (Å²) >= 11 is 0. The quantitative estimate of drug-likeness (QED) is 0.623. The molecular weight excluding hydrogens is 326 g/mol. The summed E-state index contributed by atoms with van der Waals surface area (Å²) in [5.41, 5.74) is 1.15. The Labute approximate surface area is 142 Å². The van der Waals surface area contributed by atoms with Gasteiger partial charge in [-0.3, -0.25) is 9.59 Å². The first kappa shape index (κ1) is 16.4. The van der Waals surface area contributed by atoms with Gasteiger partial charge in [-0.05, 0) is 29.8 Å². The number of esters is 1. The summed E-state index contributed by atoms with van der Waals surface area (Å²) in [6, 6.07) is 12.5. The molecule has 0 radical (unpaired) electrons. The van der Waals surface area contributed by atoms with E-state index in [9.17, 15) is 19.2 Å². The van der Waals surface area contributed by atoms with E-state index in [2.05, 4.69) is 4.74 Å². The molecule has 2 aromatic rings. The van der Waals surface area contributed by atoms with E-state index >= 15 is 0 Å². The number of hydroxylamine groups is 2. The number of fused-ring (bicyclic) bond motifs is 1. The number of ether oxygens (including phenoxy) is 1. The number of methoxy groups -OCH3 is 1. The fraction of sp³-hybridized carbons (Fsp3) is 0.111. The van der Waals surface area contributed by atoms with Crippen LogP contribution in [0.25, 0.3) is 0 Å². The molecule has 0 aromatic heterocycles. The van der Waals surface area contributed by atoms with Gasteiger partial charge in [-0.15, -0.1) is 0 Å². The summed E-state index contributed by atoms with van der Waals surface area (Å²) in [6.45, 7) is 0. The SMILES string of the molecule is COC(=O)c1cccc(CC(=O)ON2C(=O)c3ccccc3C2=O)c1. The number of hydrogen-bond acceptors (Lipinski definition) is 6. The normalized spacial score (nSPS) is 12.8. The third kappa shape index (κ3) is 3.12. The largest absolute Gasteiger partial charge is 0.465 e. The highest BCUT2D eigenvalue weighted by Crippen LogP contribution is 2.23. The standard InChI is InChI=1S/C18H13NO6/c1-24-18(23)12-6-4-5-11(9-12)10-15(20)25-19-16(21)13-7-2-3-8-14(13)17(19)22/h2-9H,10H2,1H3. The van der Waals surface area contributed by atoms with Crippen molar-refractivity contribution < 1.29 is 28.8 Å². The second-order valence-corrected chi connectivity index (χ2v) is 5.28. The maximum absolute atomic E-state index is 12.1. The van der Waals surface area contributed by atoms with Gasteiger partial charge in [0.05, 0.1) is 30.2 Å². The van der Waals surface area contributed by atoms with Crippen LogP contribution in [0.2, 0.25) is 0 Å². The number of imide groups is 1. The highest BCUT2D eigenvalue weighted by atomic mass is 16.7. The number of carbonyl (C=O) groups excluding carboxylic acids is 4. The number of rotatable bonds is 4. The van der Waals surface area contributed by atoms with Crippen LogP contribution in [-0.2, 0) is 20.8 Å². The first-order valence-electron chi connectivity index (χ1n) is 7.37. The average Bonchev–Trinajstić information content (AvgIpc) is 2.86. The molecule has 0 saturated carbocycles. The summed E-state index contributed by atoms with van der Waals surface area (Å²) < 4.78 is 4.62. The molecule has 1 aliphatic heterocycles. The third-order valence-corrected chi connectivity index (χ3v) is 3.65. The smallest absolute Gasteiger partial charge is 0.337 e. The lowest BCUT2D eigenvalue weighted by Crippen LogP contribution is -2.33. The van der Waals surface area contributed by atoms with Gasteiger partial charge in [-0.1, -0.05) is 29.3 Å². The Balaban J connectivity index is 1.71. The van der Waals surface area contributed by atoms with E-state index in [0.29, 0.717) is 10.6 Å². The molecule has 0 spiro atoms. The second-order valence-electron chi connectivity index (χ2n) is 5.28. The summed E-state index contributed by atoms with van der Waals surface area (Å²) in [4.78, 5) is 52.8. The van der Waals surface area contributed by atoms with Crippen molar-refractivity contribution >= 4 is 23.8 Å². The van der Waals surface area contributed by atoms with Gasteiger partial charge < -0.3 is 9.57 Å². The summed E-state index contributed by atoms with van der Waals surface area (Å²) in [5.74, 6) is -2.69. The van der Waals surface area contributed by atoms with Crippen LogP contribution in [0.1, 0.15) is 36.6 Å². The first-order valence-corrected chi connectivity index (χ1v) is 7.37. The van der Waals surface area contributed by atoms with Gasteiger partial charge in [-0.25, -0.2) is 9.59 Å².